The average Bonchev–Trinajstić information content (AvgIpc) is 3.57. The number of benzene rings is 8. The molecule has 1 aliphatic rings. The van der Waals surface area contributed by atoms with Crippen molar-refractivity contribution in [3.63, 3.8) is 0 Å². The van der Waals surface area contributed by atoms with Gasteiger partial charge in [0, 0.05) is 27.8 Å². The summed E-state index contributed by atoms with van der Waals surface area (Å²) in [6.07, 6.45) is 2.28. The van der Waals surface area contributed by atoms with Gasteiger partial charge in [0.2, 0.25) is 0 Å². The van der Waals surface area contributed by atoms with Gasteiger partial charge >= 0.3 is 0 Å². The fourth-order valence-corrected chi connectivity index (χ4v) is 9.34. The van der Waals surface area contributed by atoms with Crippen molar-refractivity contribution in [3.8, 4) is 27.9 Å². The van der Waals surface area contributed by atoms with Gasteiger partial charge in [-0.3, -0.25) is 0 Å². The zero-order chi connectivity index (χ0) is 38.9. The van der Waals surface area contributed by atoms with E-state index < -0.39 is 0 Å². The summed E-state index contributed by atoms with van der Waals surface area (Å²) in [6, 6.07) is 62.2. The summed E-state index contributed by atoms with van der Waals surface area (Å²) >= 11 is 0. The largest absolute Gasteiger partial charge is 0.308 e. The highest BCUT2D eigenvalue weighted by atomic mass is 19.1. The highest BCUT2D eigenvalue weighted by Gasteiger charge is 2.37. The number of hydrogen-bond acceptors (Lipinski definition) is 1. The van der Waals surface area contributed by atoms with Crippen LogP contribution < -0.4 is 4.90 Å². The highest BCUT2D eigenvalue weighted by molar-refractivity contribution is 6.14. The van der Waals surface area contributed by atoms with Crippen LogP contribution in [0, 0.1) is 5.82 Å². The molecule has 0 radical (unpaired) electrons. The Balaban J connectivity index is 1.25. The lowest BCUT2D eigenvalue weighted by atomic mass is 9.63. The van der Waals surface area contributed by atoms with Gasteiger partial charge in [-0.25, -0.2) is 4.39 Å². The third kappa shape index (κ3) is 5.92. The molecule has 0 saturated carbocycles. The van der Waals surface area contributed by atoms with Crippen molar-refractivity contribution in [1.29, 1.82) is 0 Å². The van der Waals surface area contributed by atoms with Crippen molar-refractivity contribution in [2.75, 3.05) is 4.90 Å². The normalized spacial score (nSPS) is 14.5. The first-order chi connectivity index (χ1) is 27.7. The van der Waals surface area contributed by atoms with E-state index in [2.05, 4.69) is 195 Å². The minimum absolute atomic E-state index is 0.0309. The number of halogens is 1. The second kappa shape index (κ2) is 13.3. The fourth-order valence-electron chi connectivity index (χ4n) is 9.34. The third-order valence-electron chi connectivity index (χ3n) is 12.5. The number of anilines is 3. The molecule has 3 heteroatoms. The second-order valence-corrected chi connectivity index (χ2v) is 17.0. The Bertz CT molecular complexity index is 2960. The molecule has 0 fully saturated rings. The number of aromatic nitrogens is 1. The lowest BCUT2D eigenvalue weighted by Gasteiger charge is -2.42. The van der Waals surface area contributed by atoms with Gasteiger partial charge in [0.05, 0.1) is 16.7 Å². The Labute approximate surface area is 334 Å². The highest BCUT2D eigenvalue weighted by Crippen LogP contribution is 2.49. The van der Waals surface area contributed by atoms with Gasteiger partial charge in [-0.2, -0.15) is 0 Å². The van der Waals surface area contributed by atoms with Crippen molar-refractivity contribution in [2.45, 2.75) is 51.4 Å². The maximum atomic E-state index is 15.3. The standard InChI is InChI=1S/C54H45FN2/c1-53(2)31-32-54(3,4)49-35-43(28-29-48(49)53)57-50-30-25-40(55)34-47(50)46-21-12-22-51(52(46)57)56(41-26-23-37(24-27-41)36-13-6-5-7-14-36)42-18-10-17-39(33-42)45-20-11-16-38-15-8-9-19-44(38)45/h5-30,33-35H,31-32H2,1-4H3. The maximum Gasteiger partial charge on any atom is 0.123 e. The summed E-state index contributed by atoms with van der Waals surface area (Å²) < 4.78 is 17.6. The Morgan fingerprint density at radius 2 is 1.16 bits per heavy atom. The van der Waals surface area contributed by atoms with Crippen LogP contribution in [0.4, 0.5) is 21.5 Å². The molecule has 8 aromatic carbocycles. The number of nitrogens with zero attached hydrogens (tertiary/aromatic N) is 2. The average molecular weight is 741 g/mol. The van der Waals surface area contributed by atoms with Gasteiger partial charge in [-0.05, 0) is 128 Å². The molecule has 0 atom stereocenters. The molecular weight excluding hydrogens is 696 g/mol. The topological polar surface area (TPSA) is 8.17 Å². The molecule has 2 nitrogen and oxygen atoms in total. The van der Waals surface area contributed by atoms with E-state index in [9.17, 15) is 0 Å². The predicted molar refractivity (Wildman–Crippen MR) is 239 cm³/mol. The van der Waals surface area contributed by atoms with Crippen LogP contribution in [0.5, 0.6) is 0 Å². The summed E-state index contributed by atoms with van der Waals surface area (Å²) in [5.41, 5.74) is 13.8. The van der Waals surface area contributed by atoms with E-state index in [1.54, 1.807) is 12.1 Å². The van der Waals surface area contributed by atoms with Gasteiger partial charge in [0.1, 0.15) is 5.82 Å². The van der Waals surface area contributed by atoms with Crippen molar-refractivity contribution in [2.24, 2.45) is 0 Å². The quantitative estimate of drug-likeness (QED) is 0.165. The van der Waals surface area contributed by atoms with Gasteiger partial charge in [-0.15, -0.1) is 0 Å². The van der Waals surface area contributed by atoms with Crippen LogP contribution in [0.2, 0.25) is 0 Å². The van der Waals surface area contributed by atoms with Crippen LogP contribution in [0.3, 0.4) is 0 Å². The minimum Gasteiger partial charge on any atom is -0.308 e. The monoisotopic (exact) mass is 740 g/mol. The number of para-hydroxylation sites is 1. The zero-order valence-corrected chi connectivity index (χ0v) is 32.9. The van der Waals surface area contributed by atoms with Crippen molar-refractivity contribution < 1.29 is 4.39 Å². The first-order valence-corrected chi connectivity index (χ1v) is 20.1. The van der Waals surface area contributed by atoms with Gasteiger partial charge < -0.3 is 9.47 Å². The molecule has 0 amide bonds. The fraction of sp³-hybridized carbons (Fsp3) is 0.148. The molecule has 1 aliphatic carbocycles. The van der Waals surface area contributed by atoms with E-state index in [1.165, 1.54) is 33.0 Å². The SMILES string of the molecule is CC1(C)CCC(C)(C)c2cc(-n3c4ccc(F)cc4c4cccc(N(c5ccc(-c6ccccc6)cc5)c5cccc(-c6cccc7ccccc67)c5)c43)ccc21. The first kappa shape index (κ1) is 35.0. The molecule has 9 aromatic rings. The predicted octanol–water partition coefficient (Wildman–Crippen LogP) is 15.2. The molecule has 0 unspecified atom stereocenters. The summed E-state index contributed by atoms with van der Waals surface area (Å²) in [6.45, 7) is 9.49. The van der Waals surface area contributed by atoms with Crippen LogP contribution in [-0.2, 0) is 10.8 Å². The van der Waals surface area contributed by atoms with Crippen molar-refractivity contribution in [1.82, 2.24) is 4.57 Å². The summed E-state index contributed by atoms with van der Waals surface area (Å²) in [4.78, 5) is 2.38. The van der Waals surface area contributed by atoms with E-state index >= 15 is 4.39 Å². The van der Waals surface area contributed by atoms with E-state index in [0.717, 1.165) is 68.5 Å². The summed E-state index contributed by atoms with van der Waals surface area (Å²) in [5, 5.41) is 4.34. The molecule has 0 aliphatic heterocycles. The van der Waals surface area contributed by atoms with Crippen molar-refractivity contribution in [3.05, 3.63) is 193 Å². The Hall–Kier alpha value is -6.45. The number of rotatable bonds is 6. The number of fused-ring (bicyclic) bond motifs is 5. The first-order valence-electron chi connectivity index (χ1n) is 20.1. The summed E-state index contributed by atoms with van der Waals surface area (Å²) in [7, 11) is 0. The molecule has 0 N–H and O–H groups in total. The van der Waals surface area contributed by atoms with E-state index in [1.807, 2.05) is 6.07 Å². The molecular formula is C54H45FN2. The lowest BCUT2D eigenvalue weighted by Crippen LogP contribution is -2.33. The number of hydrogen-bond donors (Lipinski definition) is 0. The van der Waals surface area contributed by atoms with E-state index in [4.69, 9.17) is 0 Å². The van der Waals surface area contributed by atoms with E-state index in [-0.39, 0.29) is 16.6 Å². The Kier molecular flexibility index (Phi) is 8.19. The van der Waals surface area contributed by atoms with E-state index in [0.29, 0.717) is 0 Å². The minimum atomic E-state index is -0.239. The zero-order valence-electron chi connectivity index (χ0n) is 32.9. The molecule has 0 spiro atoms. The lowest BCUT2D eigenvalue weighted by molar-refractivity contribution is 0.332. The van der Waals surface area contributed by atoms with Gasteiger partial charge in [0.15, 0.2) is 0 Å². The van der Waals surface area contributed by atoms with Crippen LogP contribution >= 0.6 is 0 Å². The van der Waals surface area contributed by atoms with Crippen LogP contribution in [0.15, 0.2) is 176 Å². The molecule has 57 heavy (non-hydrogen) atoms. The van der Waals surface area contributed by atoms with Gasteiger partial charge in [-0.1, -0.05) is 143 Å². The maximum absolute atomic E-state index is 15.3. The molecule has 1 heterocycles. The van der Waals surface area contributed by atoms with Crippen molar-refractivity contribution >= 4 is 49.6 Å². The van der Waals surface area contributed by atoms with Crippen LogP contribution in [0.25, 0.3) is 60.5 Å². The molecule has 0 bridgehead atoms. The molecule has 0 saturated heterocycles. The Morgan fingerprint density at radius 3 is 1.98 bits per heavy atom. The van der Waals surface area contributed by atoms with Crippen LogP contribution in [-0.4, -0.2) is 4.57 Å². The molecule has 10 rings (SSSR count). The smallest absolute Gasteiger partial charge is 0.123 e. The third-order valence-corrected chi connectivity index (χ3v) is 12.5. The van der Waals surface area contributed by atoms with Crippen LogP contribution in [0.1, 0.15) is 51.7 Å². The summed E-state index contributed by atoms with van der Waals surface area (Å²) in [5.74, 6) is -0.239. The molecule has 278 valence electrons. The Morgan fingerprint density at radius 1 is 0.491 bits per heavy atom. The van der Waals surface area contributed by atoms with Gasteiger partial charge in [0.25, 0.3) is 0 Å². The second-order valence-electron chi connectivity index (χ2n) is 17.0. The molecule has 1 aromatic heterocycles.